The van der Waals surface area contributed by atoms with Crippen molar-refractivity contribution in [1.82, 2.24) is 4.98 Å². The van der Waals surface area contributed by atoms with Gasteiger partial charge in [0.25, 0.3) is 0 Å². The van der Waals surface area contributed by atoms with Crippen LogP contribution in [0.1, 0.15) is 5.89 Å². The van der Waals surface area contributed by atoms with Crippen LogP contribution in [-0.4, -0.2) is 13.4 Å². The lowest BCUT2D eigenvalue weighted by molar-refractivity contribution is 0.534. The summed E-state index contributed by atoms with van der Waals surface area (Å²) in [5.74, 6) is 1.11. The predicted octanol–water partition coefficient (Wildman–Crippen LogP) is 3.62. The van der Waals surface area contributed by atoms with Gasteiger partial charge in [-0.15, -0.1) is 0 Å². The molecule has 1 aromatic heterocycles. The summed E-state index contributed by atoms with van der Waals surface area (Å²) in [4.78, 5) is 4.44. The highest BCUT2D eigenvalue weighted by Gasteiger charge is 2.16. The molecule has 5 nitrogen and oxygen atoms in total. The molecule has 0 fully saturated rings. The van der Waals surface area contributed by atoms with Crippen molar-refractivity contribution in [3.63, 3.8) is 0 Å². The molecule has 0 saturated heterocycles. The van der Waals surface area contributed by atoms with Gasteiger partial charge in [0, 0.05) is 23.1 Å². The molecule has 0 saturated carbocycles. The predicted molar refractivity (Wildman–Crippen MR) is 88.5 cm³/mol. The molecule has 0 aliphatic carbocycles. The highest BCUT2D eigenvalue weighted by molar-refractivity contribution is 7.89. The molecular formula is C16H13ClN2O3S. The molecular weight excluding hydrogens is 336 g/mol. The lowest BCUT2D eigenvalue weighted by atomic mass is 10.1. The smallest absolute Gasteiger partial charge is 0.238 e. The van der Waals surface area contributed by atoms with Crippen LogP contribution in [-0.2, 0) is 10.0 Å². The minimum Gasteiger partial charge on any atom is -0.440 e. The van der Waals surface area contributed by atoms with Crippen LogP contribution in [0.2, 0.25) is 5.02 Å². The van der Waals surface area contributed by atoms with Crippen molar-refractivity contribution in [2.45, 2.75) is 11.8 Å². The van der Waals surface area contributed by atoms with Gasteiger partial charge in [-0.25, -0.2) is 18.5 Å². The van der Waals surface area contributed by atoms with Crippen LogP contribution in [0.15, 0.2) is 57.8 Å². The number of benzene rings is 2. The van der Waals surface area contributed by atoms with E-state index in [1.54, 1.807) is 31.2 Å². The molecule has 2 N–H and O–H groups in total. The fraction of sp³-hybridized carbons (Fsp3) is 0.0625. The number of nitrogens with zero attached hydrogens (tertiary/aromatic N) is 1. The van der Waals surface area contributed by atoms with Gasteiger partial charge < -0.3 is 4.42 Å². The molecule has 0 spiro atoms. The van der Waals surface area contributed by atoms with Crippen LogP contribution in [0.3, 0.4) is 0 Å². The van der Waals surface area contributed by atoms with Crippen molar-refractivity contribution in [2.75, 3.05) is 0 Å². The van der Waals surface area contributed by atoms with Gasteiger partial charge in [-0.1, -0.05) is 23.7 Å². The first-order valence-corrected chi connectivity index (χ1v) is 8.63. The van der Waals surface area contributed by atoms with Gasteiger partial charge >= 0.3 is 0 Å². The summed E-state index contributed by atoms with van der Waals surface area (Å²) in [7, 11) is -3.72. The van der Waals surface area contributed by atoms with Crippen LogP contribution in [0.4, 0.5) is 0 Å². The molecule has 1 heterocycles. The van der Waals surface area contributed by atoms with Gasteiger partial charge in [-0.2, -0.15) is 0 Å². The number of hydrogen-bond donors (Lipinski definition) is 1. The number of aromatic nitrogens is 1. The first-order valence-electron chi connectivity index (χ1n) is 6.71. The average Bonchev–Trinajstić information content (AvgIpc) is 2.89. The van der Waals surface area contributed by atoms with E-state index in [1.807, 2.05) is 12.1 Å². The zero-order chi connectivity index (χ0) is 16.6. The largest absolute Gasteiger partial charge is 0.440 e. The Bertz CT molecular complexity index is 946. The normalized spacial score (nSPS) is 11.6. The molecule has 0 bridgehead atoms. The number of rotatable bonds is 3. The van der Waals surface area contributed by atoms with E-state index in [0.29, 0.717) is 22.4 Å². The van der Waals surface area contributed by atoms with E-state index in [-0.39, 0.29) is 4.90 Å². The Balaban J connectivity index is 2.09. The number of halogens is 1. The second-order valence-corrected chi connectivity index (χ2v) is 6.98. The van der Waals surface area contributed by atoms with Crippen LogP contribution in [0.25, 0.3) is 22.6 Å². The molecule has 0 atom stereocenters. The van der Waals surface area contributed by atoms with Gasteiger partial charge in [0.1, 0.15) is 5.69 Å². The van der Waals surface area contributed by atoms with E-state index in [0.717, 1.165) is 11.1 Å². The van der Waals surface area contributed by atoms with Gasteiger partial charge in [-0.3, -0.25) is 0 Å². The highest BCUT2D eigenvalue weighted by atomic mass is 35.5. The summed E-state index contributed by atoms with van der Waals surface area (Å²) < 4.78 is 28.4. The number of primary sulfonamides is 1. The third kappa shape index (κ3) is 3.29. The third-order valence-corrected chi connectivity index (χ3v) is 4.48. The maximum absolute atomic E-state index is 11.3. The van der Waals surface area contributed by atoms with Crippen molar-refractivity contribution in [3.8, 4) is 22.6 Å². The van der Waals surface area contributed by atoms with E-state index >= 15 is 0 Å². The number of hydrogen-bond acceptors (Lipinski definition) is 4. The Morgan fingerprint density at radius 1 is 1.00 bits per heavy atom. The average molecular weight is 349 g/mol. The molecule has 7 heteroatoms. The molecule has 0 unspecified atom stereocenters. The molecule has 118 valence electrons. The Morgan fingerprint density at radius 3 is 2.13 bits per heavy atom. The maximum Gasteiger partial charge on any atom is 0.238 e. The SMILES string of the molecule is Cc1nc(-c2ccc(S(N)(=O)=O)cc2)c(-c2ccc(Cl)cc2)o1. The molecule has 0 amide bonds. The number of aryl methyl sites for hydroxylation is 1. The van der Waals surface area contributed by atoms with E-state index in [9.17, 15) is 8.42 Å². The minimum atomic E-state index is -3.72. The molecule has 0 aliphatic heterocycles. The van der Waals surface area contributed by atoms with E-state index in [4.69, 9.17) is 21.2 Å². The lowest BCUT2D eigenvalue weighted by Crippen LogP contribution is -2.11. The lowest BCUT2D eigenvalue weighted by Gasteiger charge is -2.03. The summed E-state index contributed by atoms with van der Waals surface area (Å²) in [6.07, 6.45) is 0. The van der Waals surface area contributed by atoms with Gasteiger partial charge in [0.15, 0.2) is 11.7 Å². The van der Waals surface area contributed by atoms with Crippen molar-refractivity contribution in [3.05, 3.63) is 59.4 Å². The van der Waals surface area contributed by atoms with E-state index in [2.05, 4.69) is 4.98 Å². The fourth-order valence-corrected chi connectivity index (χ4v) is 2.86. The Kier molecular flexibility index (Phi) is 3.97. The quantitative estimate of drug-likeness (QED) is 0.783. The van der Waals surface area contributed by atoms with E-state index in [1.165, 1.54) is 12.1 Å². The van der Waals surface area contributed by atoms with Crippen molar-refractivity contribution < 1.29 is 12.8 Å². The first kappa shape index (κ1) is 15.7. The summed E-state index contributed by atoms with van der Waals surface area (Å²) in [5.41, 5.74) is 2.20. The molecule has 0 aliphatic rings. The maximum atomic E-state index is 11.3. The number of nitrogens with two attached hydrogens (primary N) is 1. The number of oxazole rings is 1. The molecule has 2 aromatic carbocycles. The standard InChI is InChI=1S/C16H13ClN2O3S/c1-10-19-15(11-4-8-14(9-5-11)23(18,20)21)16(22-10)12-2-6-13(17)7-3-12/h2-9H,1H3,(H2,18,20,21). The van der Waals surface area contributed by atoms with Crippen molar-refractivity contribution >= 4 is 21.6 Å². The Morgan fingerprint density at radius 2 is 1.57 bits per heavy atom. The zero-order valence-corrected chi connectivity index (χ0v) is 13.7. The molecule has 0 radical (unpaired) electrons. The first-order chi connectivity index (χ1) is 10.8. The second-order valence-electron chi connectivity index (χ2n) is 4.99. The Labute approximate surface area is 138 Å². The van der Waals surface area contributed by atoms with Crippen LogP contribution in [0.5, 0.6) is 0 Å². The monoisotopic (exact) mass is 348 g/mol. The second kappa shape index (κ2) is 5.81. The van der Waals surface area contributed by atoms with Crippen LogP contribution < -0.4 is 5.14 Å². The molecule has 3 aromatic rings. The summed E-state index contributed by atoms with van der Waals surface area (Å²) >= 11 is 5.91. The topological polar surface area (TPSA) is 86.2 Å². The minimum absolute atomic E-state index is 0.0505. The zero-order valence-electron chi connectivity index (χ0n) is 12.2. The van der Waals surface area contributed by atoms with Crippen LogP contribution in [0, 0.1) is 6.92 Å². The van der Waals surface area contributed by atoms with Gasteiger partial charge in [-0.05, 0) is 36.4 Å². The Hall–Kier alpha value is -2.15. The molecule has 23 heavy (non-hydrogen) atoms. The summed E-state index contributed by atoms with van der Waals surface area (Å²) in [5, 5.41) is 5.74. The number of sulfonamides is 1. The van der Waals surface area contributed by atoms with Gasteiger partial charge in [0.05, 0.1) is 4.90 Å². The molecule has 3 rings (SSSR count). The highest BCUT2D eigenvalue weighted by Crippen LogP contribution is 2.33. The van der Waals surface area contributed by atoms with Crippen LogP contribution >= 0.6 is 11.6 Å². The summed E-state index contributed by atoms with van der Waals surface area (Å²) in [6.45, 7) is 1.75. The fourth-order valence-electron chi connectivity index (χ4n) is 2.22. The van der Waals surface area contributed by atoms with Crippen molar-refractivity contribution in [2.24, 2.45) is 5.14 Å². The third-order valence-electron chi connectivity index (χ3n) is 3.30. The summed E-state index contributed by atoms with van der Waals surface area (Å²) in [6, 6.07) is 13.4. The van der Waals surface area contributed by atoms with Crippen molar-refractivity contribution in [1.29, 1.82) is 0 Å². The van der Waals surface area contributed by atoms with Gasteiger partial charge in [0.2, 0.25) is 10.0 Å². The van der Waals surface area contributed by atoms with E-state index < -0.39 is 10.0 Å².